The largest absolute Gasteiger partial charge is 0.380 e. The van der Waals surface area contributed by atoms with Gasteiger partial charge in [-0.2, -0.15) is 0 Å². The van der Waals surface area contributed by atoms with Gasteiger partial charge in [-0.25, -0.2) is 9.97 Å². The van der Waals surface area contributed by atoms with Crippen molar-refractivity contribution in [3.8, 4) is 0 Å². The summed E-state index contributed by atoms with van der Waals surface area (Å²) in [5.74, 6) is 0. The van der Waals surface area contributed by atoms with Crippen LogP contribution in [0.2, 0.25) is 0 Å². The molecule has 2 atom stereocenters. The normalized spacial score (nSPS) is 26.2. The summed E-state index contributed by atoms with van der Waals surface area (Å²) in [7, 11) is 0. The molecule has 0 radical (unpaired) electrons. The molecule has 1 saturated heterocycles. The zero-order valence-corrected chi connectivity index (χ0v) is 9.02. The van der Waals surface area contributed by atoms with Gasteiger partial charge in [-0.05, 0) is 19.3 Å². The predicted molar refractivity (Wildman–Crippen MR) is 58.7 cm³/mol. The highest BCUT2D eigenvalue weighted by Crippen LogP contribution is 2.19. The number of ether oxygens (including phenoxy) is 1. The first-order valence-corrected chi connectivity index (χ1v) is 5.51. The minimum Gasteiger partial charge on any atom is -0.380 e. The molecular formula is C11H17N3O. The van der Waals surface area contributed by atoms with Gasteiger partial charge in [-0.15, -0.1) is 0 Å². The van der Waals surface area contributed by atoms with Gasteiger partial charge in [-0.3, -0.25) is 0 Å². The smallest absolute Gasteiger partial charge is 0.115 e. The summed E-state index contributed by atoms with van der Waals surface area (Å²) in [6.45, 7) is 3.02. The maximum Gasteiger partial charge on any atom is 0.115 e. The van der Waals surface area contributed by atoms with Crippen molar-refractivity contribution in [3.63, 3.8) is 0 Å². The number of nitrogens with zero attached hydrogens (tertiary/aromatic N) is 2. The molecule has 1 fully saturated rings. The van der Waals surface area contributed by atoms with Crippen LogP contribution in [-0.4, -0.2) is 28.7 Å². The van der Waals surface area contributed by atoms with Crippen LogP contribution in [0.1, 0.15) is 26.2 Å². The molecule has 0 aliphatic carbocycles. The molecule has 82 valence electrons. The zero-order chi connectivity index (χ0) is 10.5. The van der Waals surface area contributed by atoms with E-state index in [1.165, 1.54) is 0 Å². The molecule has 1 aliphatic heterocycles. The molecule has 1 aromatic rings. The maximum absolute atomic E-state index is 5.62. The number of anilines is 1. The minimum absolute atomic E-state index is 0.404. The number of aromatic nitrogens is 2. The quantitative estimate of drug-likeness (QED) is 0.821. The molecule has 0 bridgehead atoms. The third-order valence-electron chi connectivity index (χ3n) is 2.75. The minimum atomic E-state index is 0.404. The highest BCUT2D eigenvalue weighted by molar-refractivity contribution is 5.38. The van der Waals surface area contributed by atoms with Crippen molar-refractivity contribution < 1.29 is 4.74 Å². The summed E-state index contributed by atoms with van der Waals surface area (Å²) in [4.78, 5) is 7.97. The van der Waals surface area contributed by atoms with E-state index in [1.54, 1.807) is 6.33 Å². The average molecular weight is 207 g/mol. The second-order valence-electron chi connectivity index (χ2n) is 3.89. The molecule has 0 spiro atoms. The topological polar surface area (TPSA) is 47.0 Å². The Bertz CT molecular complexity index is 291. The van der Waals surface area contributed by atoms with E-state index in [-0.39, 0.29) is 0 Å². The van der Waals surface area contributed by atoms with Gasteiger partial charge in [-0.1, -0.05) is 6.92 Å². The van der Waals surface area contributed by atoms with E-state index in [1.807, 2.05) is 12.4 Å². The van der Waals surface area contributed by atoms with E-state index in [4.69, 9.17) is 4.74 Å². The molecule has 2 heterocycles. The Morgan fingerprint density at radius 2 is 2.27 bits per heavy atom. The van der Waals surface area contributed by atoms with Crippen molar-refractivity contribution in [1.29, 1.82) is 0 Å². The molecule has 4 nitrogen and oxygen atoms in total. The zero-order valence-electron chi connectivity index (χ0n) is 9.02. The summed E-state index contributed by atoms with van der Waals surface area (Å²) in [5.41, 5.74) is 0.999. The molecule has 0 aromatic carbocycles. The second kappa shape index (κ2) is 5.07. The molecule has 0 amide bonds. The van der Waals surface area contributed by atoms with Gasteiger partial charge in [0.25, 0.3) is 0 Å². The van der Waals surface area contributed by atoms with Gasteiger partial charge in [0, 0.05) is 12.6 Å². The number of rotatable bonds is 3. The average Bonchev–Trinajstić information content (AvgIpc) is 2.31. The van der Waals surface area contributed by atoms with Crippen LogP contribution in [0.25, 0.3) is 0 Å². The van der Waals surface area contributed by atoms with Crippen LogP contribution in [0.5, 0.6) is 0 Å². The lowest BCUT2D eigenvalue weighted by Gasteiger charge is -2.29. The second-order valence-corrected chi connectivity index (χ2v) is 3.89. The number of nitrogens with one attached hydrogen (secondary N) is 1. The summed E-state index contributed by atoms with van der Waals surface area (Å²) in [5, 5.41) is 3.44. The van der Waals surface area contributed by atoms with Crippen LogP contribution in [0.15, 0.2) is 18.7 Å². The fourth-order valence-corrected chi connectivity index (χ4v) is 1.91. The Labute approximate surface area is 90.1 Å². The van der Waals surface area contributed by atoms with E-state index in [0.29, 0.717) is 12.1 Å². The monoisotopic (exact) mass is 207 g/mol. The Kier molecular flexibility index (Phi) is 3.50. The number of hydrogen-bond acceptors (Lipinski definition) is 4. The molecule has 4 heteroatoms. The first kappa shape index (κ1) is 10.4. The Morgan fingerprint density at radius 1 is 1.47 bits per heavy atom. The highest BCUT2D eigenvalue weighted by atomic mass is 16.5. The summed E-state index contributed by atoms with van der Waals surface area (Å²) >= 11 is 0. The van der Waals surface area contributed by atoms with E-state index in [2.05, 4.69) is 22.2 Å². The Balaban J connectivity index is 1.89. The summed E-state index contributed by atoms with van der Waals surface area (Å²) < 4.78 is 5.62. The van der Waals surface area contributed by atoms with Crippen LogP contribution < -0.4 is 5.32 Å². The van der Waals surface area contributed by atoms with Crippen molar-refractivity contribution in [2.45, 2.75) is 38.3 Å². The third kappa shape index (κ3) is 2.89. The fourth-order valence-electron chi connectivity index (χ4n) is 1.91. The van der Waals surface area contributed by atoms with Gasteiger partial charge >= 0.3 is 0 Å². The van der Waals surface area contributed by atoms with Crippen LogP contribution in [-0.2, 0) is 4.74 Å². The predicted octanol–water partition coefficient (Wildman–Crippen LogP) is 1.85. The lowest BCUT2D eigenvalue weighted by Crippen LogP contribution is -2.33. The molecule has 0 saturated carbocycles. The van der Waals surface area contributed by atoms with Crippen LogP contribution in [0, 0.1) is 0 Å². The van der Waals surface area contributed by atoms with Crippen molar-refractivity contribution >= 4 is 5.69 Å². The third-order valence-corrected chi connectivity index (χ3v) is 2.75. The van der Waals surface area contributed by atoms with Gasteiger partial charge in [0.05, 0.1) is 24.2 Å². The van der Waals surface area contributed by atoms with Crippen molar-refractivity contribution in [3.05, 3.63) is 18.7 Å². The SMILES string of the molecule is CCC1CC(Nc2cncnc2)CCO1. The van der Waals surface area contributed by atoms with Gasteiger partial charge in [0.15, 0.2) is 0 Å². The van der Waals surface area contributed by atoms with Crippen molar-refractivity contribution in [1.82, 2.24) is 9.97 Å². The summed E-state index contributed by atoms with van der Waals surface area (Å²) in [6.07, 6.45) is 8.79. The van der Waals surface area contributed by atoms with E-state index in [0.717, 1.165) is 31.6 Å². The molecule has 1 N–H and O–H groups in total. The van der Waals surface area contributed by atoms with Crippen LogP contribution in [0.4, 0.5) is 5.69 Å². The molecule has 2 rings (SSSR count). The molecule has 15 heavy (non-hydrogen) atoms. The first-order valence-electron chi connectivity index (χ1n) is 5.51. The molecule has 1 aliphatic rings. The highest BCUT2D eigenvalue weighted by Gasteiger charge is 2.20. The summed E-state index contributed by atoms with van der Waals surface area (Å²) in [6, 6.07) is 0.495. The van der Waals surface area contributed by atoms with Gasteiger partial charge in [0.1, 0.15) is 6.33 Å². The van der Waals surface area contributed by atoms with Crippen LogP contribution >= 0.6 is 0 Å². The first-order chi connectivity index (χ1) is 7.38. The molecular weight excluding hydrogens is 190 g/mol. The standard InChI is InChI=1S/C11H17N3O/c1-2-11-5-9(3-4-15-11)14-10-6-12-8-13-7-10/h6-9,11,14H,2-5H2,1H3. The lowest BCUT2D eigenvalue weighted by atomic mass is 10.0. The number of hydrogen-bond donors (Lipinski definition) is 1. The van der Waals surface area contributed by atoms with E-state index < -0.39 is 0 Å². The lowest BCUT2D eigenvalue weighted by molar-refractivity contribution is 0.00925. The van der Waals surface area contributed by atoms with Crippen molar-refractivity contribution in [2.24, 2.45) is 0 Å². The van der Waals surface area contributed by atoms with E-state index in [9.17, 15) is 0 Å². The molecule has 1 aromatic heterocycles. The van der Waals surface area contributed by atoms with Gasteiger partial charge < -0.3 is 10.1 Å². The Morgan fingerprint density at radius 3 is 3.00 bits per heavy atom. The maximum atomic E-state index is 5.62. The van der Waals surface area contributed by atoms with Gasteiger partial charge in [0.2, 0.25) is 0 Å². The van der Waals surface area contributed by atoms with E-state index >= 15 is 0 Å². The molecule has 2 unspecified atom stereocenters. The van der Waals surface area contributed by atoms with Crippen molar-refractivity contribution in [2.75, 3.05) is 11.9 Å². The van der Waals surface area contributed by atoms with Crippen LogP contribution in [0.3, 0.4) is 0 Å². The fraction of sp³-hybridized carbons (Fsp3) is 0.636. The Hall–Kier alpha value is -1.16.